The van der Waals surface area contributed by atoms with E-state index in [2.05, 4.69) is 39.2 Å². The first-order valence-electron chi connectivity index (χ1n) is 8.82. The van der Waals surface area contributed by atoms with Gasteiger partial charge in [0.25, 0.3) is 0 Å². The molecule has 0 fully saturated rings. The van der Waals surface area contributed by atoms with Gasteiger partial charge in [-0.2, -0.15) is 0 Å². The summed E-state index contributed by atoms with van der Waals surface area (Å²) in [6.07, 6.45) is 0.00764. The van der Waals surface area contributed by atoms with Gasteiger partial charge in [0, 0.05) is 19.1 Å². The fourth-order valence-corrected chi connectivity index (χ4v) is 3.24. The Hall–Kier alpha value is -1.80. The maximum Gasteiger partial charge on any atom is 0.328 e. The summed E-state index contributed by atoms with van der Waals surface area (Å²) < 4.78 is 37.2. The lowest BCUT2D eigenvalue weighted by Gasteiger charge is -2.36. The maximum atomic E-state index is 13.2. The van der Waals surface area contributed by atoms with Crippen molar-refractivity contribution in [2.75, 3.05) is 13.7 Å². The standard InChI is InChI=1S/C19H29F2NO4Si/c1-19(2,3)27(5,6)26-8-7-16(18(24)25-4)22-17(23)11-13-9-14(20)12-15(21)10-13/h9-10,12,16H,7-8,11H2,1-6H3,(H,22,23)/t16-/m1/s1. The summed E-state index contributed by atoms with van der Waals surface area (Å²) >= 11 is 0. The van der Waals surface area contributed by atoms with Gasteiger partial charge in [0.15, 0.2) is 8.32 Å². The Labute approximate surface area is 160 Å². The van der Waals surface area contributed by atoms with E-state index in [9.17, 15) is 18.4 Å². The number of amides is 1. The average Bonchev–Trinajstić information content (AvgIpc) is 2.50. The molecule has 0 unspecified atom stereocenters. The molecule has 1 amide bonds. The molecule has 0 bridgehead atoms. The van der Waals surface area contributed by atoms with Gasteiger partial charge >= 0.3 is 5.97 Å². The fourth-order valence-electron chi connectivity index (χ4n) is 2.18. The topological polar surface area (TPSA) is 64.6 Å². The molecule has 27 heavy (non-hydrogen) atoms. The Morgan fingerprint density at radius 1 is 1.15 bits per heavy atom. The van der Waals surface area contributed by atoms with Gasteiger partial charge in [-0.15, -0.1) is 0 Å². The van der Waals surface area contributed by atoms with Crippen LogP contribution in [-0.4, -0.2) is 40.0 Å². The molecule has 1 aromatic carbocycles. The van der Waals surface area contributed by atoms with Crippen LogP contribution in [0.2, 0.25) is 18.1 Å². The lowest BCUT2D eigenvalue weighted by Crippen LogP contribution is -2.45. The molecular weight excluding hydrogens is 372 g/mol. The van der Waals surface area contributed by atoms with Gasteiger partial charge in [-0.3, -0.25) is 4.79 Å². The number of benzene rings is 1. The van der Waals surface area contributed by atoms with Crippen LogP contribution in [0, 0.1) is 11.6 Å². The Bertz CT molecular complexity index is 654. The van der Waals surface area contributed by atoms with E-state index in [4.69, 9.17) is 9.16 Å². The molecule has 0 aliphatic rings. The molecule has 5 nitrogen and oxygen atoms in total. The third-order valence-corrected chi connectivity index (χ3v) is 9.32. The van der Waals surface area contributed by atoms with Crippen molar-refractivity contribution in [2.24, 2.45) is 0 Å². The molecule has 0 spiro atoms. The second-order valence-electron chi connectivity index (χ2n) is 8.00. The molecule has 0 aliphatic carbocycles. The van der Waals surface area contributed by atoms with Gasteiger partial charge in [0.05, 0.1) is 13.5 Å². The second-order valence-corrected chi connectivity index (χ2v) is 12.8. The summed E-state index contributed by atoms with van der Waals surface area (Å²) in [7, 11) is -0.744. The van der Waals surface area contributed by atoms with Crippen LogP contribution < -0.4 is 5.32 Å². The molecule has 0 saturated heterocycles. The van der Waals surface area contributed by atoms with E-state index in [-0.39, 0.29) is 23.4 Å². The van der Waals surface area contributed by atoms with Crippen LogP contribution in [0.25, 0.3) is 0 Å². The quantitative estimate of drug-likeness (QED) is 0.534. The Morgan fingerprint density at radius 3 is 2.19 bits per heavy atom. The van der Waals surface area contributed by atoms with E-state index in [1.54, 1.807) is 0 Å². The van der Waals surface area contributed by atoms with Crippen molar-refractivity contribution in [1.82, 2.24) is 5.32 Å². The molecule has 0 aliphatic heterocycles. The lowest BCUT2D eigenvalue weighted by molar-refractivity contribution is -0.145. The van der Waals surface area contributed by atoms with E-state index >= 15 is 0 Å². The largest absolute Gasteiger partial charge is 0.467 e. The highest BCUT2D eigenvalue weighted by Gasteiger charge is 2.37. The number of carbonyl (C=O) groups excluding carboxylic acids is 2. The van der Waals surface area contributed by atoms with Crippen LogP contribution in [0.5, 0.6) is 0 Å². The minimum absolute atomic E-state index is 0.0263. The molecule has 0 aromatic heterocycles. The minimum atomic E-state index is -1.98. The molecule has 0 heterocycles. The van der Waals surface area contributed by atoms with Crippen LogP contribution in [0.15, 0.2) is 18.2 Å². The van der Waals surface area contributed by atoms with Gasteiger partial charge in [0.2, 0.25) is 5.91 Å². The Balaban J connectivity index is 2.69. The van der Waals surface area contributed by atoms with E-state index in [1.165, 1.54) is 7.11 Å². The van der Waals surface area contributed by atoms with Crippen LogP contribution >= 0.6 is 0 Å². The average molecular weight is 402 g/mol. The first kappa shape index (κ1) is 23.2. The lowest BCUT2D eigenvalue weighted by atomic mass is 10.1. The smallest absolute Gasteiger partial charge is 0.328 e. The van der Waals surface area contributed by atoms with Gasteiger partial charge < -0.3 is 14.5 Å². The van der Waals surface area contributed by atoms with Crippen LogP contribution in [0.4, 0.5) is 8.78 Å². The number of esters is 1. The molecule has 1 rings (SSSR count). The van der Waals surface area contributed by atoms with Crippen LogP contribution in [0.1, 0.15) is 32.8 Å². The van der Waals surface area contributed by atoms with Crippen molar-refractivity contribution in [3.8, 4) is 0 Å². The number of hydrogen-bond donors (Lipinski definition) is 1. The third-order valence-electron chi connectivity index (χ3n) is 4.78. The zero-order valence-corrected chi connectivity index (χ0v) is 17.8. The molecule has 152 valence electrons. The van der Waals surface area contributed by atoms with Crippen LogP contribution in [0.3, 0.4) is 0 Å². The number of methoxy groups -OCH3 is 1. The van der Waals surface area contributed by atoms with Crippen molar-refractivity contribution >= 4 is 20.2 Å². The van der Waals surface area contributed by atoms with Gasteiger partial charge in [0.1, 0.15) is 17.7 Å². The summed E-state index contributed by atoms with van der Waals surface area (Å²) in [5.74, 6) is -2.63. The second kappa shape index (κ2) is 9.41. The van der Waals surface area contributed by atoms with Crippen molar-refractivity contribution in [3.63, 3.8) is 0 Å². The monoisotopic (exact) mass is 401 g/mol. The molecular formula is C19H29F2NO4Si. The molecule has 1 aromatic rings. The van der Waals surface area contributed by atoms with Crippen molar-refractivity contribution in [3.05, 3.63) is 35.4 Å². The van der Waals surface area contributed by atoms with Gasteiger partial charge in [-0.05, 0) is 35.8 Å². The third kappa shape index (κ3) is 7.38. The molecule has 8 heteroatoms. The Kier molecular flexibility index (Phi) is 8.10. The summed E-state index contributed by atoms with van der Waals surface area (Å²) in [6, 6.07) is 2.01. The number of halogens is 2. The number of rotatable bonds is 8. The highest BCUT2D eigenvalue weighted by atomic mass is 28.4. The molecule has 1 atom stereocenters. The summed E-state index contributed by atoms with van der Waals surface area (Å²) in [6.45, 7) is 10.8. The number of nitrogens with one attached hydrogen (secondary N) is 1. The highest BCUT2D eigenvalue weighted by Crippen LogP contribution is 2.36. The van der Waals surface area contributed by atoms with Crippen molar-refractivity contribution in [2.45, 2.75) is 57.8 Å². The number of hydrogen-bond acceptors (Lipinski definition) is 4. The highest BCUT2D eigenvalue weighted by molar-refractivity contribution is 6.74. The predicted octanol–water partition coefficient (Wildman–Crippen LogP) is 3.58. The number of carbonyl (C=O) groups is 2. The minimum Gasteiger partial charge on any atom is -0.467 e. The van der Waals surface area contributed by atoms with Gasteiger partial charge in [-0.1, -0.05) is 20.8 Å². The normalized spacial score (nSPS) is 13.2. The summed E-state index contributed by atoms with van der Waals surface area (Å²) in [5, 5.41) is 2.58. The fraction of sp³-hybridized carbons (Fsp3) is 0.579. The van der Waals surface area contributed by atoms with E-state index in [0.29, 0.717) is 6.61 Å². The summed E-state index contributed by atoms with van der Waals surface area (Å²) in [5.41, 5.74) is 0.186. The zero-order chi connectivity index (χ0) is 20.8. The van der Waals surface area contributed by atoms with E-state index in [1.807, 2.05) is 0 Å². The first-order chi connectivity index (χ1) is 12.4. The predicted molar refractivity (Wildman–Crippen MR) is 102 cm³/mol. The van der Waals surface area contributed by atoms with Crippen molar-refractivity contribution < 1.29 is 27.5 Å². The molecule has 0 radical (unpaired) electrons. The SMILES string of the molecule is COC(=O)[C@@H](CCO[Si](C)(C)C(C)(C)C)NC(=O)Cc1cc(F)cc(F)c1. The maximum absolute atomic E-state index is 13.2. The van der Waals surface area contributed by atoms with E-state index < -0.39 is 37.9 Å². The van der Waals surface area contributed by atoms with E-state index in [0.717, 1.165) is 18.2 Å². The zero-order valence-electron chi connectivity index (χ0n) is 16.8. The summed E-state index contributed by atoms with van der Waals surface area (Å²) in [4.78, 5) is 24.1. The number of ether oxygens (including phenoxy) is 1. The van der Waals surface area contributed by atoms with Gasteiger partial charge in [-0.25, -0.2) is 13.6 Å². The Morgan fingerprint density at radius 2 is 1.70 bits per heavy atom. The molecule has 1 N–H and O–H groups in total. The first-order valence-corrected chi connectivity index (χ1v) is 11.7. The van der Waals surface area contributed by atoms with Crippen molar-refractivity contribution in [1.29, 1.82) is 0 Å². The molecule has 0 saturated carbocycles. The van der Waals surface area contributed by atoms with Crippen LogP contribution in [-0.2, 0) is 25.2 Å².